The zero-order valence-electron chi connectivity index (χ0n) is 18.5. The molecule has 4 rings (SSSR count). The summed E-state index contributed by atoms with van der Waals surface area (Å²) in [5.74, 6) is 6.96. The van der Waals surface area contributed by atoms with Crippen molar-refractivity contribution in [2.45, 2.75) is 19.6 Å². The molecule has 0 bridgehead atoms. The van der Waals surface area contributed by atoms with Crippen LogP contribution in [0, 0.1) is 11.8 Å². The van der Waals surface area contributed by atoms with Crippen molar-refractivity contribution < 1.29 is 19.5 Å². The van der Waals surface area contributed by atoms with Crippen LogP contribution in [0.2, 0.25) is 0 Å². The first kappa shape index (κ1) is 22.9. The molecule has 3 aromatic heterocycles. The average Bonchev–Trinajstić information content (AvgIpc) is 3.52. The molecule has 3 heterocycles. The second kappa shape index (κ2) is 10.6. The Morgan fingerprint density at radius 3 is 2.62 bits per heavy atom. The first-order chi connectivity index (χ1) is 16.5. The highest BCUT2D eigenvalue weighted by Crippen LogP contribution is 2.22. The minimum atomic E-state index is -0.667. The summed E-state index contributed by atoms with van der Waals surface area (Å²) in [5, 5.41) is 25.2. The van der Waals surface area contributed by atoms with Gasteiger partial charge in [0.1, 0.15) is 23.3 Å². The number of rotatable bonds is 7. The molecule has 0 saturated carbocycles. The maximum atomic E-state index is 11.8. The van der Waals surface area contributed by atoms with Gasteiger partial charge in [-0.3, -0.25) is 4.79 Å². The maximum Gasteiger partial charge on any atom is 0.269 e. The van der Waals surface area contributed by atoms with Crippen LogP contribution in [0.25, 0.3) is 11.3 Å². The number of benzene rings is 1. The van der Waals surface area contributed by atoms with E-state index in [1.165, 1.54) is 6.20 Å². The van der Waals surface area contributed by atoms with Gasteiger partial charge < -0.3 is 24.6 Å². The monoisotopic (exact) mass is 457 g/mol. The predicted molar refractivity (Wildman–Crippen MR) is 124 cm³/mol. The lowest BCUT2D eigenvalue weighted by Crippen LogP contribution is -2.27. The summed E-state index contributed by atoms with van der Waals surface area (Å²) >= 11 is 0. The highest BCUT2D eigenvalue weighted by Gasteiger charge is 2.12. The summed E-state index contributed by atoms with van der Waals surface area (Å²) in [6.45, 7) is 2.18. The number of carbonyl (C=O) groups is 1. The van der Waals surface area contributed by atoms with Gasteiger partial charge >= 0.3 is 0 Å². The number of nitrogens with zero attached hydrogens (tertiary/aromatic N) is 4. The highest BCUT2D eigenvalue weighted by molar-refractivity contribution is 5.92. The number of hydrogen-bond donors (Lipinski definition) is 3. The van der Waals surface area contributed by atoms with Crippen LogP contribution in [-0.2, 0) is 6.54 Å². The molecule has 0 spiro atoms. The van der Waals surface area contributed by atoms with E-state index in [-0.39, 0.29) is 24.8 Å². The van der Waals surface area contributed by atoms with E-state index in [1.807, 2.05) is 34.9 Å². The number of aliphatic hydroxyl groups is 2. The minimum absolute atomic E-state index is 0.123. The molecule has 0 aliphatic carbocycles. The summed E-state index contributed by atoms with van der Waals surface area (Å²) < 4.78 is 7.31. The Bertz CT molecular complexity index is 1310. The molecule has 0 radical (unpaired) electrons. The van der Waals surface area contributed by atoms with Crippen LogP contribution >= 0.6 is 0 Å². The zero-order valence-corrected chi connectivity index (χ0v) is 18.5. The van der Waals surface area contributed by atoms with Crippen molar-refractivity contribution in [2.75, 3.05) is 13.2 Å². The molecule has 9 heteroatoms. The van der Waals surface area contributed by atoms with Gasteiger partial charge in [-0.2, -0.15) is 0 Å². The normalized spacial score (nSPS) is 11.5. The summed E-state index contributed by atoms with van der Waals surface area (Å²) in [6.07, 6.45) is 4.30. The molecular formula is C25H23N5O4. The van der Waals surface area contributed by atoms with Gasteiger partial charge in [-0.1, -0.05) is 17.0 Å². The Kier molecular flexibility index (Phi) is 7.13. The number of carbonyl (C=O) groups excluding carboxylic acids is 1. The molecule has 1 atom stereocenters. The van der Waals surface area contributed by atoms with Crippen molar-refractivity contribution in [2.24, 2.45) is 0 Å². The fraction of sp³-hybridized carbons (Fsp3) is 0.200. The van der Waals surface area contributed by atoms with E-state index in [1.54, 1.807) is 31.5 Å². The molecule has 0 aliphatic rings. The smallest absolute Gasteiger partial charge is 0.269 e. The van der Waals surface area contributed by atoms with Crippen LogP contribution < -0.4 is 5.32 Å². The molecule has 34 heavy (non-hydrogen) atoms. The molecule has 9 nitrogen and oxygen atoms in total. The number of aromatic nitrogens is 4. The first-order valence-corrected chi connectivity index (χ1v) is 10.7. The van der Waals surface area contributed by atoms with E-state index in [4.69, 9.17) is 9.63 Å². The van der Waals surface area contributed by atoms with Gasteiger partial charge in [0.2, 0.25) is 0 Å². The van der Waals surface area contributed by atoms with Gasteiger partial charge in [0.05, 0.1) is 13.2 Å². The van der Waals surface area contributed by atoms with E-state index < -0.39 is 6.10 Å². The number of imidazole rings is 1. The van der Waals surface area contributed by atoms with Crippen molar-refractivity contribution >= 4 is 5.91 Å². The van der Waals surface area contributed by atoms with Crippen LogP contribution in [0.15, 0.2) is 65.6 Å². The number of hydrogen-bond acceptors (Lipinski definition) is 7. The molecule has 0 unspecified atom stereocenters. The van der Waals surface area contributed by atoms with Gasteiger partial charge in [-0.05, 0) is 43.3 Å². The molecule has 0 fully saturated rings. The maximum absolute atomic E-state index is 11.8. The highest BCUT2D eigenvalue weighted by atomic mass is 16.5. The summed E-state index contributed by atoms with van der Waals surface area (Å²) in [5.41, 5.74) is 3.35. The molecule has 3 N–H and O–H groups in total. The van der Waals surface area contributed by atoms with E-state index >= 15 is 0 Å². The number of aliphatic hydroxyl groups excluding tert-OH is 2. The fourth-order valence-corrected chi connectivity index (χ4v) is 3.24. The lowest BCUT2D eigenvalue weighted by molar-refractivity contribution is 0.0940. The quantitative estimate of drug-likeness (QED) is 0.363. The third kappa shape index (κ3) is 5.56. The average molecular weight is 457 g/mol. The standard InChI is InChI=1S/C25H23N5O4/c1-17(32)24-26-10-12-30(24)16-21-14-23(34-29-21)20-7-4-18(5-8-20)2-3-19-6-9-22(28-15-19)25(33)27-11-13-31/h4-10,12,14-15,17,31-32H,11,13,16H2,1H3,(H,27,33)/t17-/m0/s1. The van der Waals surface area contributed by atoms with Gasteiger partial charge in [0, 0.05) is 47.9 Å². The van der Waals surface area contributed by atoms with Crippen molar-refractivity contribution in [1.29, 1.82) is 0 Å². The molecular weight excluding hydrogens is 434 g/mol. The van der Waals surface area contributed by atoms with Crippen molar-refractivity contribution in [3.05, 3.63) is 89.4 Å². The van der Waals surface area contributed by atoms with Crippen LogP contribution in [0.1, 0.15) is 46.2 Å². The lowest BCUT2D eigenvalue weighted by Gasteiger charge is -2.07. The Labute approximate surface area is 196 Å². The zero-order chi connectivity index (χ0) is 23.9. The summed E-state index contributed by atoms with van der Waals surface area (Å²) in [7, 11) is 0. The number of pyridine rings is 1. The number of amides is 1. The van der Waals surface area contributed by atoms with Gasteiger partial charge in [-0.15, -0.1) is 0 Å². The van der Waals surface area contributed by atoms with Crippen LogP contribution in [-0.4, -0.2) is 49.0 Å². The van der Waals surface area contributed by atoms with Crippen molar-refractivity contribution in [3.63, 3.8) is 0 Å². The summed E-state index contributed by atoms with van der Waals surface area (Å²) in [4.78, 5) is 20.1. The Morgan fingerprint density at radius 1 is 1.15 bits per heavy atom. The summed E-state index contributed by atoms with van der Waals surface area (Å²) in [6, 6.07) is 12.7. The molecule has 4 aromatic rings. The van der Waals surface area contributed by atoms with Gasteiger partial charge in [0.25, 0.3) is 5.91 Å². The van der Waals surface area contributed by atoms with E-state index in [9.17, 15) is 9.90 Å². The van der Waals surface area contributed by atoms with Gasteiger partial charge in [0.15, 0.2) is 5.76 Å². The van der Waals surface area contributed by atoms with E-state index in [2.05, 4.69) is 32.3 Å². The lowest BCUT2D eigenvalue weighted by atomic mass is 10.1. The van der Waals surface area contributed by atoms with E-state index in [0.29, 0.717) is 23.7 Å². The molecule has 1 aromatic carbocycles. The molecule has 0 aliphatic heterocycles. The SMILES string of the molecule is C[C@H](O)c1nccn1Cc1cc(-c2ccc(C#Cc3ccc(C(=O)NCCO)nc3)cc2)on1. The second-order valence-electron chi connectivity index (χ2n) is 7.51. The Hall–Kier alpha value is -4.26. The van der Waals surface area contributed by atoms with E-state index in [0.717, 1.165) is 16.8 Å². The topological polar surface area (TPSA) is 126 Å². The third-order valence-electron chi connectivity index (χ3n) is 4.93. The van der Waals surface area contributed by atoms with Gasteiger partial charge in [-0.25, -0.2) is 9.97 Å². The second-order valence-corrected chi connectivity index (χ2v) is 7.51. The predicted octanol–water partition coefficient (Wildman–Crippen LogP) is 2.16. The molecule has 1 amide bonds. The largest absolute Gasteiger partial charge is 0.395 e. The number of nitrogens with one attached hydrogen (secondary N) is 1. The molecule has 172 valence electrons. The van der Waals surface area contributed by atoms with Crippen molar-refractivity contribution in [3.8, 4) is 23.2 Å². The minimum Gasteiger partial charge on any atom is -0.395 e. The van der Waals surface area contributed by atoms with Crippen LogP contribution in [0.3, 0.4) is 0 Å². The third-order valence-corrected chi connectivity index (χ3v) is 4.93. The first-order valence-electron chi connectivity index (χ1n) is 10.7. The van der Waals surface area contributed by atoms with Crippen LogP contribution in [0.5, 0.6) is 0 Å². The fourth-order valence-electron chi connectivity index (χ4n) is 3.24. The Balaban J connectivity index is 1.40. The van der Waals surface area contributed by atoms with Crippen molar-refractivity contribution in [1.82, 2.24) is 25.0 Å². The van der Waals surface area contributed by atoms with Crippen LogP contribution in [0.4, 0.5) is 0 Å². The Morgan fingerprint density at radius 2 is 1.91 bits per heavy atom. The molecule has 0 saturated heterocycles.